The van der Waals surface area contributed by atoms with Gasteiger partial charge in [0.05, 0.1) is 11.7 Å². The molecule has 2 aromatic heterocycles. The molecule has 0 aliphatic rings. The average Bonchev–Trinajstić information content (AvgIpc) is 2.78. The highest BCUT2D eigenvalue weighted by Gasteiger charge is 2.14. The predicted molar refractivity (Wildman–Crippen MR) is 75.3 cm³/mol. The molecule has 5 heteroatoms. The molecule has 18 heavy (non-hydrogen) atoms. The zero-order valence-corrected chi connectivity index (χ0v) is 12.2. The number of aromatic nitrogens is 3. The third kappa shape index (κ3) is 2.97. The first-order chi connectivity index (χ1) is 8.72. The van der Waals surface area contributed by atoms with Gasteiger partial charge >= 0.3 is 0 Å². The number of hydrogen-bond donors (Lipinski definition) is 1. The number of nitrogens with zero attached hydrogens (tertiary/aromatic N) is 3. The SMILES string of the molecule is CNC(CCc1ccnn1C)c1ncccc1Br. The summed E-state index contributed by atoms with van der Waals surface area (Å²) in [6, 6.07) is 6.26. The number of pyridine rings is 1. The van der Waals surface area contributed by atoms with E-state index in [-0.39, 0.29) is 6.04 Å². The van der Waals surface area contributed by atoms with Crippen LogP contribution in [0.1, 0.15) is 23.9 Å². The minimum absolute atomic E-state index is 0.246. The van der Waals surface area contributed by atoms with Gasteiger partial charge in [-0.2, -0.15) is 5.10 Å². The molecule has 0 fully saturated rings. The zero-order valence-electron chi connectivity index (χ0n) is 10.6. The quantitative estimate of drug-likeness (QED) is 0.922. The monoisotopic (exact) mass is 308 g/mol. The standard InChI is InChI=1S/C13H17BrN4/c1-15-12(13-11(14)4-3-8-16-13)6-5-10-7-9-17-18(10)2/h3-4,7-9,12,15H,5-6H2,1-2H3. The summed E-state index contributed by atoms with van der Waals surface area (Å²) in [6.45, 7) is 0. The van der Waals surface area contributed by atoms with Gasteiger partial charge in [-0.1, -0.05) is 0 Å². The Hall–Kier alpha value is -1.20. The van der Waals surface area contributed by atoms with Crippen LogP contribution in [0.25, 0.3) is 0 Å². The maximum Gasteiger partial charge on any atom is 0.0714 e. The minimum Gasteiger partial charge on any atom is -0.312 e. The molecule has 2 rings (SSSR count). The van der Waals surface area contributed by atoms with E-state index in [9.17, 15) is 0 Å². The molecule has 0 aliphatic heterocycles. The fraction of sp³-hybridized carbons (Fsp3) is 0.385. The van der Waals surface area contributed by atoms with Crippen LogP contribution in [-0.2, 0) is 13.5 Å². The van der Waals surface area contributed by atoms with Crippen molar-refractivity contribution in [2.75, 3.05) is 7.05 Å². The van der Waals surface area contributed by atoms with Gasteiger partial charge in [0, 0.05) is 29.6 Å². The van der Waals surface area contributed by atoms with Gasteiger partial charge in [-0.05, 0) is 54.0 Å². The third-order valence-corrected chi connectivity index (χ3v) is 3.75. The predicted octanol–water partition coefficient (Wildman–Crippen LogP) is 2.47. The molecule has 1 unspecified atom stereocenters. The Morgan fingerprint density at radius 3 is 2.83 bits per heavy atom. The summed E-state index contributed by atoms with van der Waals surface area (Å²) in [4.78, 5) is 4.44. The van der Waals surface area contributed by atoms with E-state index in [1.54, 1.807) is 0 Å². The van der Waals surface area contributed by atoms with Crippen molar-refractivity contribution in [1.82, 2.24) is 20.1 Å². The van der Waals surface area contributed by atoms with Crippen molar-refractivity contribution in [3.63, 3.8) is 0 Å². The fourth-order valence-electron chi connectivity index (χ4n) is 2.01. The molecule has 2 heterocycles. The van der Waals surface area contributed by atoms with Gasteiger partial charge in [0.25, 0.3) is 0 Å². The summed E-state index contributed by atoms with van der Waals surface area (Å²) in [5.41, 5.74) is 2.30. The van der Waals surface area contributed by atoms with Gasteiger partial charge in [0.1, 0.15) is 0 Å². The minimum atomic E-state index is 0.246. The van der Waals surface area contributed by atoms with E-state index in [1.807, 2.05) is 43.3 Å². The van der Waals surface area contributed by atoms with Gasteiger partial charge in [-0.15, -0.1) is 0 Å². The van der Waals surface area contributed by atoms with Crippen molar-refractivity contribution in [3.05, 3.63) is 46.5 Å². The van der Waals surface area contributed by atoms with Crippen LogP contribution in [0.2, 0.25) is 0 Å². The highest BCUT2D eigenvalue weighted by Crippen LogP contribution is 2.24. The summed E-state index contributed by atoms with van der Waals surface area (Å²) in [5.74, 6) is 0. The largest absolute Gasteiger partial charge is 0.312 e. The lowest BCUT2D eigenvalue weighted by molar-refractivity contribution is 0.522. The highest BCUT2D eigenvalue weighted by molar-refractivity contribution is 9.10. The molecular formula is C13H17BrN4. The maximum absolute atomic E-state index is 4.44. The van der Waals surface area contributed by atoms with Crippen molar-refractivity contribution in [3.8, 4) is 0 Å². The summed E-state index contributed by atoms with van der Waals surface area (Å²) in [7, 11) is 3.94. The Morgan fingerprint density at radius 2 is 2.22 bits per heavy atom. The van der Waals surface area contributed by atoms with Gasteiger partial charge in [-0.25, -0.2) is 0 Å². The van der Waals surface area contributed by atoms with Gasteiger partial charge in [-0.3, -0.25) is 9.67 Å². The van der Waals surface area contributed by atoms with Gasteiger partial charge < -0.3 is 5.32 Å². The van der Waals surface area contributed by atoms with E-state index in [0.717, 1.165) is 23.0 Å². The van der Waals surface area contributed by atoms with Crippen LogP contribution in [-0.4, -0.2) is 21.8 Å². The van der Waals surface area contributed by atoms with Gasteiger partial charge in [0.15, 0.2) is 0 Å². The molecule has 0 aliphatic carbocycles. The number of rotatable bonds is 5. The van der Waals surface area contributed by atoms with Crippen LogP contribution in [0, 0.1) is 0 Å². The molecule has 0 radical (unpaired) electrons. The molecule has 4 nitrogen and oxygen atoms in total. The van der Waals surface area contributed by atoms with Crippen molar-refractivity contribution in [2.45, 2.75) is 18.9 Å². The Kier molecular flexibility index (Phi) is 4.49. The molecule has 2 aromatic rings. The second-order valence-corrected chi connectivity index (χ2v) is 5.05. The summed E-state index contributed by atoms with van der Waals surface area (Å²) < 4.78 is 2.97. The Balaban J connectivity index is 2.07. The lowest BCUT2D eigenvalue weighted by Gasteiger charge is -2.16. The normalized spacial score (nSPS) is 12.6. The Labute approximate surface area is 116 Å². The molecule has 0 amide bonds. The molecule has 1 atom stereocenters. The van der Waals surface area contributed by atoms with Crippen LogP contribution in [0.3, 0.4) is 0 Å². The summed E-state index contributed by atoms with van der Waals surface area (Å²) in [6.07, 6.45) is 5.63. The fourth-order valence-corrected chi connectivity index (χ4v) is 2.54. The first kappa shape index (κ1) is 13.2. The van der Waals surface area contributed by atoms with E-state index >= 15 is 0 Å². The molecular weight excluding hydrogens is 292 g/mol. The van der Waals surface area contributed by atoms with E-state index < -0.39 is 0 Å². The van der Waals surface area contributed by atoms with Gasteiger partial charge in [0.2, 0.25) is 0 Å². The van der Waals surface area contributed by atoms with Crippen LogP contribution in [0.4, 0.5) is 0 Å². The lowest BCUT2D eigenvalue weighted by atomic mass is 10.1. The molecule has 0 saturated carbocycles. The molecule has 96 valence electrons. The van der Waals surface area contributed by atoms with Crippen molar-refractivity contribution < 1.29 is 0 Å². The number of aryl methyl sites for hydroxylation is 2. The number of hydrogen-bond acceptors (Lipinski definition) is 3. The molecule has 1 N–H and O–H groups in total. The summed E-state index contributed by atoms with van der Waals surface area (Å²) in [5, 5.41) is 7.50. The van der Waals surface area contributed by atoms with Crippen molar-refractivity contribution in [2.24, 2.45) is 7.05 Å². The van der Waals surface area contributed by atoms with Crippen molar-refractivity contribution >= 4 is 15.9 Å². The Bertz CT molecular complexity index is 509. The maximum atomic E-state index is 4.44. The number of nitrogens with one attached hydrogen (secondary N) is 1. The second-order valence-electron chi connectivity index (χ2n) is 4.20. The second kappa shape index (κ2) is 6.11. The van der Waals surface area contributed by atoms with Crippen LogP contribution in [0.15, 0.2) is 35.1 Å². The highest BCUT2D eigenvalue weighted by atomic mass is 79.9. The zero-order chi connectivity index (χ0) is 13.0. The first-order valence-electron chi connectivity index (χ1n) is 5.97. The number of halogens is 1. The average molecular weight is 309 g/mol. The van der Waals surface area contributed by atoms with E-state index in [0.29, 0.717) is 0 Å². The van der Waals surface area contributed by atoms with Crippen LogP contribution >= 0.6 is 15.9 Å². The topological polar surface area (TPSA) is 42.7 Å². The van der Waals surface area contributed by atoms with E-state index in [1.165, 1.54) is 5.69 Å². The smallest absolute Gasteiger partial charge is 0.0714 e. The third-order valence-electron chi connectivity index (χ3n) is 3.08. The molecule has 0 aromatic carbocycles. The van der Waals surface area contributed by atoms with Crippen molar-refractivity contribution in [1.29, 1.82) is 0 Å². The van der Waals surface area contributed by atoms with Crippen LogP contribution in [0.5, 0.6) is 0 Å². The van der Waals surface area contributed by atoms with E-state index in [2.05, 4.69) is 37.4 Å². The van der Waals surface area contributed by atoms with Crippen LogP contribution < -0.4 is 5.32 Å². The molecule has 0 bridgehead atoms. The summed E-state index contributed by atoms with van der Waals surface area (Å²) >= 11 is 3.55. The first-order valence-corrected chi connectivity index (χ1v) is 6.76. The molecule has 0 spiro atoms. The molecule has 0 saturated heterocycles. The Morgan fingerprint density at radius 1 is 1.39 bits per heavy atom. The lowest BCUT2D eigenvalue weighted by Crippen LogP contribution is -2.19. The van der Waals surface area contributed by atoms with E-state index in [4.69, 9.17) is 0 Å².